The molecule has 0 saturated carbocycles. The van der Waals surface area contributed by atoms with Gasteiger partial charge in [-0.2, -0.15) is 0 Å². The van der Waals surface area contributed by atoms with E-state index in [0.29, 0.717) is 0 Å². The first kappa shape index (κ1) is 9.84. The number of rotatable bonds is 1. The van der Waals surface area contributed by atoms with Gasteiger partial charge in [0.2, 0.25) is 0 Å². The molecule has 0 spiro atoms. The third-order valence-electron chi connectivity index (χ3n) is 0.444. The van der Waals surface area contributed by atoms with Crippen molar-refractivity contribution < 1.29 is 0 Å². The number of alkyl halides is 4. The smallest absolute Gasteiger partial charge is 0.166 e. The summed E-state index contributed by atoms with van der Waals surface area (Å²) in [5.74, 6) is 0. The van der Waals surface area contributed by atoms with Crippen LogP contribution in [0.15, 0.2) is 0 Å². The Kier molecular flexibility index (Phi) is 3.49. The fourth-order valence-corrected chi connectivity index (χ4v) is 0. The van der Waals surface area contributed by atoms with Crippen LogP contribution in [0.5, 0.6) is 0 Å². The fraction of sp³-hybridized carbons (Fsp3) is 1.00. The second-order valence-corrected chi connectivity index (χ2v) is 8.38. The molecule has 0 amide bonds. The summed E-state index contributed by atoms with van der Waals surface area (Å²) in [6, 6.07) is 0. The zero-order chi connectivity index (χ0) is 7.00. The van der Waals surface area contributed by atoms with Gasteiger partial charge in [-0.05, 0) is 0 Å². The average Bonchev–Trinajstić information content (AvgIpc) is 1.25. The highest BCUT2D eigenvalue weighted by atomic mass is 79.9. The van der Waals surface area contributed by atoms with Crippen molar-refractivity contribution in [2.45, 2.75) is 6.71 Å². The van der Waals surface area contributed by atoms with Crippen LogP contribution in [0.25, 0.3) is 0 Å². The van der Waals surface area contributed by atoms with Gasteiger partial charge in [0.15, 0.2) is 6.71 Å². The lowest BCUT2D eigenvalue weighted by molar-refractivity contribution is 0.802. The van der Waals surface area contributed by atoms with Crippen LogP contribution in [-0.2, 0) is 0 Å². The summed E-state index contributed by atoms with van der Waals surface area (Å²) < 4.78 is -1.65. The summed E-state index contributed by atoms with van der Waals surface area (Å²) in [6.07, 6.45) is 0. The van der Waals surface area contributed by atoms with Crippen molar-refractivity contribution in [1.82, 2.24) is 0 Å². The molecule has 0 aliphatic carbocycles. The minimum atomic E-state index is -0.826. The Morgan fingerprint density at radius 3 is 0.875 bits per heavy atom. The van der Waals surface area contributed by atoms with Gasteiger partial charge in [-0.15, -0.1) is 0 Å². The molecule has 0 unspecified atom stereocenters. The molecule has 0 bridgehead atoms. The molecule has 0 saturated heterocycles. The van der Waals surface area contributed by atoms with Crippen molar-refractivity contribution in [3.05, 3.63) is 0 Å². The minimum absolute atomic E-state index is 0.826. The maximum atomic E-state index is 5.43. The summed E-state index contributed by atoms with van der Waals surface area (Å²) in [5, 5.41) is 0. The van der Waals surface area contributed by atoms with Crippen LogP contribution >= 0.6 is 63.7 Å². The van der Waals surface area contributed by atoms with Gasteiger partial charge in [0.25, 0.3) is 0 Å². The number of halogens is 4. The predicted octanol–water partition coefficient (Wildman–Crippen LogP) is 1.79. The largest absolute Gasteiger partial charge is 0.304 e. The molecule has 0 aliphatic rings. The third-order valence-corrected chi connectivity index (χ3v) is 5.07. The Morgan fingerprint density at radius 1 is 0.750 bits per heavy atom. The van der Waals surface area contributed by atoms with Crippen LogP contribution in [0, 0.1) is 0 Å². The maximum Gasteiger partial charge on any atom is 0.166 e. The molecule has 0 fully saturated rings. The van der Waals surface area contributed by atoms with Crippen LogP contribution < -0.4 is 11.5 Å². The van der Waals surface area contributed by atoms with Gasteiger partial charge < -0.3 is 11.5 Å². The second kappa shape index (κ2) is 2.84. The maximum absolute atomic E-state index is 5.43. The highest BCUT2D eigenvalue weighted by Gasteiger charge is 2.37. The summed E-state index contributed by atoms with van der Waals surface area (Å²) in [6.45, 7) is 0. The van der Waals surface area contributed by atoms with E-state index in [1.165, 1.54) is 0 Å². The molecular weight excluding hydrogens is 372 g/mol. The normalized spacial score (nSPS) is 14.2. The molecule has 0 aromatic carbocycles. The van der Waals surface area contributed by atoms with E-state index < -0.39 is 6.71 Å². The van der Waals surface area contributed by atoms with Crippen molar-refractivity contribution in [1.29, 1.82) is 0 Å². The van der Waals surface area contributed by atoms with Crippen molar-refractivity contribution in [2.75, 3.05) is 0 Å². The summed E-state index contributed by atoms with van der Waals surface area (Å²) in [4.78, 5) is 0. The van der Waals surface area contributed by atoms with Crippen LogP contribution in [0.3, 0.4) is 0 Å². The standard InChI is InChI=1S/C2H4Br4N2/c3-1(4,7)2(5,6)8/h7-8H2. The monoisotopic (exact) mass is 372 g/mol. The molecule has 0 atom stereocenters. The molecule has 4 N–H and O–H groups in total. The first-order valence-corrected chi connectivity index (χ1v) is 4.76. The Balaban J connectivity index is 4.02. The van der Waals surface area contributed by atoms with Gasteiger partial charge in [-0.1, -0.05) is 63.7 Å². The van der Waals surface area contributed by atoms with Crippen LogP contribution in [-0.4, -0.2) is 6.71 Å². The van der Waals surface area contributed by atoms with E-state index in [0.717, 1.165) is 0 Å². The van der Waals surface area contributed by atoms with Crippen LogP contribution in [0.2, 0.25) is 0 Å². The van der Waals surface area contributed by atoms with E-state index in [9.17, 15) is 0 Å². The van der Waals surface area contributed by atoms with E-state index in [4.69, 9.17) is 11.5 Å². The van der Waals surface area contributed by atoms with Gasteiger partial charge in [-0.3, -0.25) is 0 Å². The number of hydrogen-bond acceptors (Lipinski definition) is 2. The lowest BCUT2D eigenvalue weighted by Crippen LogP contribution is -2.49. The average molecular weight is 376 g/mol. The number of nitrogens with two attached hydrogens (primary N) is 2. The van der Waals surface area contributed by atoms with Gasteiger partial charge >= 0.3 is 0 Å². The van der Waals surface area contributed by atoms with E-state index in [1.54, 1.807) is 0 Å². The molecule has 0 aromatic rings. The third kappa shape index (κ3) is 3.12. The Hall–Kier alpha value is 1.84. The first-order valence-electron chi connectivity index (χ1n) is 1.58. The summed E-state index contributed by atoms with van der Waals surface area (Å²) in [7, 11) is 0. The molecule has 0 radical (unpaired) electrons. The van der Waals surface area contributed by atoms with E-state index in [1.807, 2.05) is 0 Å². The zero-order valence-electron chi connectivity index (χ0n) is 3.67. The first-order chi connectivity index (χ1) is 3.25. The Morgan fingerprint density at radius 2 is 0.875 bits per heavy atom. The molecule has 2 nitrogen and oxygen atoms in total. The van der Waals surface area contributed by atoms with Crippen LogP contribution in [0.1, 0.15) is 0 Å². The van der Waals surface area contributed by atoms with E-state index in [-0.39, 0.29) is 0 Å². The van der Waals surface area contributed by atoms with Gasteiger partial charge in [0.1, 0.15) is 0 Å². The fourth-order valence-electron chi connectivity index (χ4n) is 0. The lowest BCUT2D eigenvalue weighted by atomic mass is 10.7. The van der Waals surface area contributed by atoms with Gasteiger partial charge in [0, 0.05) is 0 Å². The molecule has 0 rings (SSSR count). The molecule has 0 heterocycles. The molecule has 50 valence electrons. The van der Waals surface area contributed by atoms with E-state index >= 15 is 0 Å². The Labute approximate surface area is 81.3 Å². The molecule has 0 aliphatic heterocycles. The van der Waals surface area contributed by atoms with Crippen molar-refractivity contribution in [3.8, 4) is 0 Å². The molecule has 0 aromatic heterocycles. The highest BCUT2D eigenvalue weighted by molar-refractivity contribution is 9.30. The topological polar surface area (TPSA) is 52.0 Å². The van der Waals surface area contributed by atoms with Gasteiger partial charge in [-0.25, -0.2) is 0 Å². The number of hydrogen-bond donors (Lipinski definition) is 2. The van der Waals surface area contributed by atoms with E-state index in [2.05, 4.69) is 63.7 Å². The predicted molar refractivity (Wildman–Crippen MR) is 49.5 cm³/mol. The molecule has 6 heteroatoms. The Bertz CT molecular complexity index is 67.0. The summed E-state index contributed by atoms with van der Waals surface area (Å²) >= 11 is 12.3. The summed E-state index contributed by atoms with van der Waals surface area (Å²) in [5.41, 5.74) is 10.9. The minimum Gasteiger partial charge on any atom is -0.304 e. The quantitative estimate of drug-likeness (QED) is 0.542. The molecular formula is C2H4Br4N2. The van der Waals surface area contributed by atoms with Gasteiger partial charge in [0.05, 0.1) is 0 Å². The lowest BCUT2D eigenvalue weighted by Gasteiger charge is -2.25. The van der Waals surface area contributed by atoms with Crippen molar-refractivity contribution in [3.63, 3.8) is 0 Å². The molecule has 8 heavy (non-hydrogen) atoms. The van der Waals surface area contributed by atoms with Crippen LogP contribution in [0.4, 0.5) is 0 Å². The second-order valence-electron chi connectivity index (χ2n) is 1.25. The van der Waals surface area contributed by atoms with Crippen molar-refractivity contribution >= 4 is 63.7 Å². The zero-order valence-corrected chi connectivity index (χ0v) is 10.0. The SMILES string of the molecule is NC(Br)(Br)C(N)(Br)Br. The van der Waals surface area contributed by atoms with Crippen molar-refractivity contribution in [2.24, 2.45) is 11.5 Å². The highest BCUT2D eigenvalue weighted by Crippen LogP contribution is 2.39.